The van der Waals surface area contributed by atoms with E-state index in [0.29, 0.717) is 5.16 Å². The first kappa shape index (κ1) is 12.9. The van der Waals surface area contributed by atoms with Crippen molar-refractivity contribution in [3.63, 3.8) is 0 Å². The predicted molar refractivity (Wildman–Crippen MR) is 60.6 cm³/mol. The number of nitrogens with two attached hydrogens (primary N) is 1. The summed E-state index contributed by atoms with van der Waals surface area (Å²) in [5.41, 5.74) is 3.05. The third-order valence-corrected chi connectivity index (χ3v) is 2.81. The van der Waals surface area contributed by atoms with E-state index >= 15 is 0 Å². The summed E-state index contributed by atoms with van der Waals surface area (Å²) < 4.78 is 4.93. The summed E-state index contributed by atoms with van der Waals surface area (Å²) in [6.07, 6.45) is 3.39. The van der Waals surface area contributed by atoms with E-state index in [-0.39, 0.29) is 12.5 Å². The van der Waals surface area contributed by atoms with Gasteiger partial charge in [0.1, 0.15) is 5.25 Å². The van der Waals surface area contributed by atoms with Crippen LogP contribution in [0.3, 0.4) is 0 Å². The first-order chi connectivity index (χ1) is 7.67. The first-order valence-corrected chi connectivity index (χ1v) is 5.50. The van der Waals surface area contributed by atoms with Crippen LogP contribution in [-0.2, 0) is 9.53 Å². The molecule has 0 saturated heterocycles. The monoisotopic (exact) mass is 242 g/mol. The number of nitrogens with zero attached hydrogens (tertiary/aromatic N) is 2. The Bertz CT molecular complexity index is 344. The van der Waals surface area contributed by atoms with Gasteiger partial charge in [-0.05, 0) is 12.5 Å². The highest BCUT2D eigenvalue weighted by Gasteiger charge is 2.20. The van der Waals surface area contributed by atoms with Crippen molar-refractivity contribution < 1.29 is 9.53 Å². The molecule has 7 heteroatoms. The summed E-state index contributed by atoms with van der Waals surface area (Å²) in [7, 11) is 1.52. The van der Waals surface area contributed by atoms with Gasteiger partial charge in [0.2, 0.25) is 5.91 Å². The molecule has 1 unspecified atom stereocenters. The van der Waals surface area contributed by atoms with Gasteiger partial charge in [0.25, 0.3) is 0 Å². The van der Waals surface area contributed by atoms with Crippen LogP contribution in [0.4, 0.5) is 0 Å². The largest absolute Gasteiger partial charge is 0.383 e. The van der Waals surface area contributed by atoms with Crippen molar-refractivity contribution in [3.05, 3.63) is 18.0 Å². The fourth-order valence-corrected chi connectivity index (χ4v) is 1.84. The van der Waals surface area contributed by atoms with Crippen molar-refractivity contribution in [2.75, 3.05) is 13.7 Å². The minimum atomic E-state index is -0.447. The van der Waals surface area contributed by atoms with E-state index < -0.39 is 5.25 Å². The van der Waals surface area contributed by atoms with Gasteiger partial charge < -0.3 is 4.74 Å². The van der Waals surface area contributed by atoms with E-state index in [1.807, 2.05) is 6.92 Å². The lowest BCUT2D eigenvalue weighted by Crippen LogP contribution is -2.39. The molecule has 1 heterocycles. The van der Waals surface area contributed by atoms with Gasteiger partial charge in [-0.25, -0.2) is 15.8 Å². The van der Waals surface area contributed by atoms with Crippen LogP contribution >= 0.6 is 11.8 Å². The van der Waals surface area contributed by atoms with Crippen molar-refractivity contribution in [2.24, 2.45) is 5.84 Å². The summed E-state index contributed by atoms with van der Waals surface area (Å²) in [6.45, 7) is 2.15. The van der Waals surface area contributed by atoms with E-state index in [1.165, 1.54) is 18.9 Å². The molecule has 1 amide bonds. The van der Waals surface area contributed by atoms with Gasteiger partial charge in [-0.2, -0.15) is 0 Å². The Labute approximate surface area is 98.0 Å². The SMILES string of the molecule is COCC(Sc1ncc(C)cn1)C(=O)NN. The molecule has 0 aromatic carbocycles. The highest BCUT2D eigenvalue weighted by molar-refractivity contribution is 8.00. The number of amides is 1. The molecule has 1 atom stereocenters. The van der Waals surface area contributed by atoms with Gasteiger partial charge in [0.15, 0.2) is 5.16 Å². The maximum absolute atomic E-state index is 11.4. The quantitative estimate of drug-likeness (QED) is 0.246. The lowest BCUT2D eigenvalue weighted by molar-refractivity contribution is -0.121. The first-order valence-electron chi connectivity index (χ1n) is 4.62. The second kappa shape index (κ2) is 6.41. The van der Waals surface area contributed by atoms with Gasteiger partial charge in [-0.1, -0.05) is 11.8 Å². The number of hydrogen-bond donors (Lipinski definition) is 2. The number of carbonyl (C=O) groups excluding carboxylic acids is 1. The second-order valence-electron chi connectivity index (χ2n) is 3.11. The molecule has 88 valence electrons. The minimum absolute atomic E-state index is 0.255. The van der Waals surface area contributed by atoms with Crippen LogP contribution in [0.5, 0.6) is 0 Å². The molecule has 0 fully saturated rings. The highest BCUT2D eigenvalue weighted by Crippen LogP contribution is 2.19. The molecule has 3 N–H and O–H groups in total. The molecule has 0 spiro atoms. The van der Waals surface area contributed by atoms with Crippen molar-refractivity contribution in [1.29, 1.82) is 0 Å². The summed E-state index contributed by atoms with van der Waals surface area (Å²) in [4.78, 5) is 19.6. The van der Waals surface area contributed by atoms with E-state index in [9.17, 15) is 4.79 Å². The fourth-order valence-electron chi connectivity index (χ4n) is 0.976. The summed E-state index contributed by atoms with van der Waals surface area (Å²) in [5.74, 6) is 4.76. The molecule has 1 rings (SSSR count). The number of nitrogens with one attached hydrogen (secondary N) is 1. The zero-order valence-electron chi connectivity index (χ0n) is 9.14. The number of carbonyl (C=O) groups is 1. The third kappa shape index (κ3) is 3.76. The number of hydrogen-bond acceptors (Lipinski definition) is 6. The summed E-state index contributed by atoms with van der Waals surface area (Å²) in [6, 6.07) is 0. The van der Waals surface area contributed by atoms with Crippen LogP contribution in [0.1, 0.15) is 5.56 Å². The van der Waals surface area contributed by atoms with Crippen LogP contribution in [0.25, 0.3) is 0 Å². The Balaban J connectivity index is 2.67. The minimum Gasteiger partial charge on any atom is -0.383 e. The number of aromatic nitrogens is 2. The zero-order valence-corrected chi connectivity index (χ0v) is 9.95. The van der Waals surface area contributed by atoms with Gasteiger partial charge >= 0.3 is 0 Å². The Morgan fingerprint density at radius 1 is 1.62 bits per heavy atom. The van der Waals surface area contributed by atoms with E-state index in [4.69, 9.17) is 10.6 Å². The Hall–Kier alpha value is -1.18. The van der Waals surface area contributed by atoms with Crippen molar-refractivity contribution in [3.8, 4) is 0 Å². The third-order valence-electron chi connectivity index (χ3n) is 1.76. The molecule has 16 heavy (non-hydrogen) atoms. The van der Waals surface area contributed by atoms with Gasteiger partial charge in [-0.3, -0.25) is 10.2 Å². The summed E-state index contributed by atoms with van der Waals surface area (Å²) >= 11 is 1.22. The zero-order chi connectivity index (χ0) is 12.0. The molecule has 1 aromatic heterocycles. The van der Waals surface area contributed by atoms with Crippen LogP contribution in [0.15, 0.2) is 17.6 Å². The molecule has 0 radical (unpaired) electrons. The average molecular weight is 242 g/mol. The fraction of sp³-hybridized carbons (Fsp3) is 0.444. The molecular formula is C9H14N4O2S. The smallest absolute Gasteiger partial charge is 0.249 e. The Morgan fingerprint density at radius 3 is 2.75 bits per heavy atom. The molecule has 0 bridgehead atoms. The van der Waals surface area contributed by atoms with Gasteiger partial charge in [0, 0.05) is 19.5 Å². The van der Waals surface area contributed by atoms with E-state index in [1.54, 1.807) is 12.4 Å². The molecule has 0 aliphatic carbocycles. The second-order valence-corrected chi connectivity index (χ2v) is 4.28. The molecule has 0 saturated carbocycles. The predicted octanol–water partition coefficient (Wildman–Crippen LogP) is -0.118. The lowest BCUT2D eigenvalue weighted by atomic mass is 10.4. The molecule has 0 aliphatic heterocycles. The number of hydrazine groups is 1. The molecule has 6 nitrogen and oxygen atoms in total. The van der Waals surface area contributed by atoms with Gasteiger partial charge in [-0.15, -0.1) is 0 Å². The Morgan fingerprint density at radius 2 is 2.25 bits per heavy atom. The summed E-state index contributed by atoms with van der Waals surface area (Å²) in [5, 5.41) is 0.0777. The maximum atomic E-state index is 11.4. The van der Waals surface area contributed by atoms with E-state index in [2.05, 4.69) is 15.4 Å². The van der Waals surface area contributed by atoms with Crippen LogP contribution in [-0.4, -0.2) is 34.8 Å². The van der Waals surface area contributed by atoms with Crippen LogP contribution in [0.2, 0.25) is 0 Å². The normalized spacial score (nSPS) is 12.2. The number of rotatable bonds is 5. The lowest BCUT2D eigenvalue weighted by Gasteiger charge is -2.12. The maximum Gasteiger partial charge on any atom is 0.249 e. The van der Waals surface area contributed by atoms with Gasteiger partial charge in [0.05, 0.1) is 6.61 Å². The molecular weight excluding hydrogens is 228 g/mol. The number of ether oxygens (including phenoxy) is 1. The van der Waals surface area contributed by atoms with Crippen molar-refractivity contribution >= 4 is 17.7 Å². The van der Waals surface area contributed by atoms with Crippen LogP contribution < -0.4 is 11.3 Å². The number of methoxy groups -OCH3 is 1. The average Bonchev–Trinajstić information content (AvgIpc) is 2.30. The molecule has 1 aromatic rings. The van der Waals surface area contributed by atoms with Crippen molar-refractivity contribution in [2.45, 2.75) is 17.3 Å². The van der Waals surface area contributed by atoms with Crippen molar-refractivity contribution in [1.82, 2.24) is 15.4 Å². The standard InChI is InChI=1S/C9H14N4O2S/c1-6-3-11-9(12-4-6)16-7(5-15-2)8(14)13-10/h3-4,7H,5,10H2,1-2H3,(H,13,14). The van der Waals surface area contributed by atoms with Crippen LogP contribution in [0, 0.1) is 6.92 Å². The topological polar surface area (TPSA) is 90.1 Å². The molecule has 0 aliphatic rings. The number of aryl methyl sites for hydroxylation is 1. The number of thioether (sulfide) groups is 1. The highest BCUT2D eigenvalue weighted by atomic mass is 32.2. The van der Waals surface area contributed by atoms with E-state index in [0.717, 1.165) is 5.56 Å². The Kier molecular flexibility index (Phi) is 5.17.